The van der Waals surface area contributed by atoms with Crippen LogP contribution in [-0.2, 0) is 24.9 Å². The van der Waals surface area contributed by atoms with Gasteiger partial charge in [-0.05, 0) is 0 Å². The van der Waals surface area contributed by atoms with E-state index in [4.69, 9.17) is 15.6 Å². The second-order valence-corrected chi connectivity index (χ2v) is 3.70. The number of imidazole rings is 1. The van der Waals surface area contributed by atoms with Gasteiger partial charge in [-0.15, -0.1) is 0 Å². The predicted molar refractivity (Wildman–Crippen MR) is 66.9 cm³/mol. The number of fused-ring (bicyclic) bond motifs is 1. The Morgan fingerprint density at radius 2 is 1.94 bits per heavy atom. The zero-order valence-corrected chi connectivity index (χ0v) is 11.1. The van der Waals surface area contributed by atoms with Gasteiger partial charge in [-0.1, -0.05) is 13.8 Å². The molecule has 18 heavy (non-hydrogen) atoms. The van der Waals surface area contributed by atoms with Gasteiger partial charge in [0, 0.05) is 14.0 Å². The normalized spacial score (nSPS) is 13.6. The standard InChI is InChI=1S/C9H13N5O2.C2H6/c1-5(10)16-8(11)9-12-6-3-14(15)4-7(6)13(9)2;1-2/h10-11,15H,3-4H2,1-2H3;1-2H3. The molecule has 0 aromatic carbocycles. The Morgan fingerprint density at radius 1 is 1.33 bits per heavy atom. The first-order valence-electron chi connectivity index (χ1n) is 5.79. The van der Waals surface area contributed by atoms with Crippen LogP contribution >= 0.6 is 0 Å². The van der Waals surface area contributed by atoms with Crippen molar-refractivity contribution in [1.29, 1.82) is 10.8 Å². The summed E-state index contributed by atoms with van der Waals surface area (Å²) < 4.78 is 6.59. The summed E-state index contributed by atoms with van der Waals surface area (Å²) in [5.74, 6) is 0.190. The van der Waals surface area contributed by atoms with E-state index >= 15 is 0 Å². The highest BCUT2D eigenvalue weighted by molar-refractivity contribution is 5.96. The van der Waals surface area contributed by atoms with Gasteiger partial charge < -0.3 is 14.5 Å². The average Bonchev–Trinajstić information content (AvgIpc) is 2.80. The summed E-state index contributed by atoms with van der Waals surface area (Å²) in [6, 6.07) is 0. The predicted octanol–water partition coefficient (Wildman–Crippen LogP) is 1.49. The first kappa shape index (κ1) is 14.3. The smallest absolute Gasteiger partial charge is 0.257 e. The maximum absolute atomic E-state index is 9.30. The Bertz CT molecular complexity index is 466. The summed E-state index contributed by atoms with van der Waals surface area (Å²) in [7, 11) is 1.76. The third kappa shape index (κ3) is 2.74. The van der Waals surface area contributed by atoms with Crippen LogP contribution in [0.3, 0.4) is 0 Å². The molecule has 0 amide bonds. The highest BCUT2D eigenvalue weighted by Crippen LogP contribution is 2.21. The molecular formula is C11H19N5O2. The van der Waals surface area contributed by atoms with Crippen LogP contribution < -0.4 is 0 Å². The zero-order valence-electron chi connectivity index (χ0n) is 11.1. The Kier molecular flexibility index (Phi) is 4.57. The van der Waals surface area contributed by atoms with Crippen molar-refractivity contribution < 1.29 is 9.94 Å². The van der Waals surface area contributed by atoms with Crippen molar-refractivity contribution in [3.05, 3.63) is 17.2 Å². The minimum Gasteiger partial charge on any atom is -0.422 e. The molecule has 0 saturated carbocycles. The van der Waals surface area contributed by atoms with Crippen LogP contribution in [0.25, 0.3) is 0 Å². The second kappa shape index (κ2) is 5.74. The number of hydroxylamine groups is 2. The first-order valence-corrected chi connectivity index (χ1v) is 5.79. The average molecular weight is 253 g/mol. The van der Waals surface area contributed by atoms with Crippen LogP contribution in [0.1, 0.15) is 38.0 Å². The molecule has 1 aliphatic heterocycles. The summed E-state index contributed by atoms with van der Waals surface area (Å²) in [5, 5.41) is 25.2. The maximum atomic E-state index is 9.30. The molecule has 0 bridgehead atoms. The lowest BCUT2D eigenvalue weighted by Crippen LogP contribution is -2.17. The highest BCUT2D eigenvalue weighted by Gasteiger charge is 2.26. The van der Waals surface area contributed by atoms with Gasteiger partial charge in [-0.25, -0.2) is 4.98 Å². The topological polar surface area (TPSA) is 98.2 Å². The second-order valence-electron chi connectivity index (χ2n) is 3.70. The monoisotopic (exact) mass is 253 g/mol. The van der Waals surface area contributed by atoms with E-state index in [2.05, 4.69) is 4.98 Å². The van der Waals surface area contributed by atoms with Crippen LogP contribution in [0.4, 0.5) is 0 Å². The molecule has 7 nitrogen and oxygen atoms in total. The molecule has 2 heterocycles. The molecule has 3 N–H and O–H groups in total. The van der Waals surface area contributed by atoms with E-state index < -0.39 is 0 Å². The molecule has 0 saturated heterocycles. The molecule has 0 radical (unpaired) electrons. The molecule has 7 heteroatoms. The Labute approximate surface area is 106 Å². The van der Waals surface area contributed by atoms with Crippen LogP contribution in [0.5, 0.6) is 0 Å². The molecule has 0 fully saturated rings. The maximum Gasteiger partial charge on any atom is 0.257 e. The quantitative estimate of drug-likeness (QED) is 0.521. The largest absolute Gasteiger partial charge is 0.422 e. The summed E-state index contributed by atoms with van der Waals surface area (Å²) in [4.78, 5) is 4.21. The van der Waals surface area contributed by atoms with Gasteiger partial charge in [0.05, 0.1) is 24.5 Å². The van der Waals surface area contributed by atoms with E-state index in [1.165, 1.54) is 6.92 Å². The van der Waals surface area contributed by atoms with Crippen molar-refractivity contribution in [1.82, 2.24) is 14.6 Å². The molecular weight excluding hydrogens is 234 g/mol. The molecule has 0 unspecified atom stereocenters. The third-order valence-corrected chi connectivity index (χ3v) is 2.42. The number of nitrogens with one attached hydrogen (secondary N) is 2. The Hall–Kier alpha value is -1.73. The van der Waals surface area contributed by atoms with Crippen LogP contribution in [0, 0.1) is 10.8 Å². The van der Waals surface area contributed by atoms with Crippen molar-refractivity contribution in [2.24, 2.45) is 7.05 Å². The summed E-state index contributed by atoms with van der Waals surface area (Å²) in [6.45, 7) is 6.22. The van der Waals surface area contributed by atoms with Gasteiger partial charge in [-0.2, -0.15) is 5.06 Å². The van der Waals surface area contributed by atoms with E-state index in [1.807, 2.05) is 13.8 Å². The van der Waals surface area contributed by atoms with Gasteiger partial charge in [-0.3, -0.25) is 10.8 Å². The van der Waals surface area contributed by atoms with E-state index in [-0.39, 0.29) is 11.8 Å². The van der Waals surface area contributed by atoms with Crippen LogP contribution in [-0.4, -0.2) is 31.6 Å². The van der Waals surface area contributed by atoms with Gasteiger partial charge in [0.2, 0.25) is 0 Å². The van der Waals surface area contributed by atoms with Gasteiger partial charge in [0.1, 0.15) is 0 Å². The number of aromatic nitrogens is 2. The van der Waals surface area contributed by atoms with Gasteiger partial charge in [0.25, 0.3) is 5.90 Å². The van der Waals surface area contributed by atoms with E-state index in [0.29, 0.717) is 18.9 Å². The van der Waals surface area contributed by atoms with Crippen LogP contribution in [0.15, 0.2) is 0 Å². The molecule has 0 spiro atoms. The van der Waals surface area contributed by atoms with Crippen molar-refractivity contribution in [3.8, 4) is 0 Å². The molecule has 1 aliphatic rings. The lowest BCUT2D eigenvalue weighted by Gasteiger charge is -2.08. The first-order chi connectivity index (χ1) is 8.49. The third-order valence-electron chi connectivity index (χ3n) is 2.42. The van der Waals surface area contributed by atoms with Gasteiger partial charge >= 0.3 is 0 Å². The molecule has 2 rings (SSSR count). The van der Waals surface area contributed by atoms with E-state index in [9.17, 15) is 5.21 Å². The minimum atomic E-state index is -0.145. The zero-order chi connectivity index (χ0) is 13.9. The summed E-state index contributed by atoms with van der Waals surface area (Å²) in [5.41, 5.74) is 1.62. The molecule has 100 valence electrons. The number of rotatable bonds is 1. The lowest BCUT2D eigenvalue weighted by atomic mass is 10.4. The van der Waals surface area contributed by atoms with E-state index in [0.717, 1.165) is 16.5 Å². The number of nitrogens with zero attached hydrogens (tertiary/aromatic N) is 3. The van der Waals surface area contributed by atoms with Crippen molar-refractivity contribution >= 4 is 11.8 Å². The van der Waals surface area contributed by atoms with Crippen molar-refractivity contribution in [3.63, 3.8) is 0 Å². The number of hydrogen-bond donors (Lipinski definition) is 3. The molecule has 0 aliphatic carbocycles. The molecule has 1 aromatic heterocycles. The molecule has 0 atom stereocenters. The van der Waals surface area contributed by atoms with Crippen molar-refractivity contribution in [2.75, 3.05) is 0 Å². The summed E-state index contributed by atoms with van der Waals surface area (Å²) in [6.07, 6.45) is 0. The van der Waals surface area contributed by atoms with Gasteiger partial charge in [0.15, 0.2) is 11.7 Å². The number of hydrogen-bond acceptors (Lipinski definition) is 6. The SMILES string of the molecule is CC.CC(=N)OC(=N)c1nc2c(n1C)CN(O)C2. The fraction of sp³-hybridized carbons (Fsp3) is 0.545. The fourth-order valence-corrected chi connectivity index (χ4v) is 1.72. The Balaban J connectivity index is 0.000000771. The highest BCUT2D eigenvalue weighted by atomic mass is 16.5. The van der Waals surface area contributed by atoms with Crippen molar-refractivity contribution in [2.45, 2.75) is 33.9 Å². The molecule has 1 aromatic rings. The Morgan fingerprint density at radius 3 is 2.44 bits per heavy atom. The van der Waals surface area contributed by atoms with E-state index in [1.54, 1.807) is 11.6 Å². The summed E-state index contributed by atoms with van der Waals surface area (Å²) >= 11 is 0. The van der Waals surface area contributed by atoms with Crippen LogP contribution in [0.2, 0.25) is 0 Å². The minimum absolute atomic E-state index is 0.0445. The lowest BCUT2D eigenvalue weighted by molar-refractivity contribution is -0.0985. The number of ether oxygens (including phenoxy) is 1. The fourth-order valence-electron chi connectivity index (χ4n) is 1.72.